The highest BCUT2D eigenvalue weighted by atomic mass is 16.5. The lowest BCUT2D eigenvalue weighted by molar-refractivity contribution is 0.0946. The molecule has 0 radical (unpaired) electrons. The number of aromatic amines is 1. The molecule has 8 nitrogen and oxygen atoms in total. The Hall–Kier alpha value is -4.59. The highest BCUT2D eigenvalue weighted by molar-refractivity contribution is 5.93. The van der Waals surface area contributed by atoms with E-state index in [2.05, 4.69) is 26.6 Å². The lowest BCUT2D eigenvalue weighted by Crippen LogP contribution is -2.30. The molecule has 0 saturated heterocycles. The first kappa shape index (κ1) is 23.2. The molecule has 5 rings (SSSR count). The van der Waals surface area contributed by atoms with Crippen LogP contribution in [0.25, 0.3) is 16.6 Å². The molecule has 0 aliphatic heterocycles. The average Bonchev–Trinajstić information content (AvgIpc) is 3.53. The van der Waals surface area contributed by atoms with Gasteiger partial charge in [-0.15, -0.1) is 5.10 Å². The van der Waals surface area contributed by atoms with E-state index in [4.69, 9.17) is 9.47 Å². The van der Waals surface area contributed by atoms with E-state index in [9.17, 15) is 4.79 Å². The van der Waals surface area contributed by atoms with Gasteiger partial charge < -0.3 is 19.8 Å². The first-order valence-corrected chi connectivity index (χ1v) is 11.6. The van der Waals surface area contributed by atoms with Crippen LogP contribution in [0.15, 0.2) is 79.0 Å². The zero-order valence-electron chi connectivity index (χ0n) is 20.4. The van der Waals surface area contributed by atoms with Crippen LogP contribution in [0, 0.1) is 6.92 Å². The minimum Gasteiger partial charge on any atom is -0.493 e. The summed E-state index contributed by atoms with van der Waals surface area (Å²) in [5.41, 5.74) is 4.60. The predicted octanol–water partition coefficient (Wildman–Crippen LogP) is 4.64. The van der Waals surface area contributed by atoms with Crippen LogP contribution >= 0.6 is 0 Å². The van der Waals surface area contributed by atoms with Crippen molar-refractivity contribution in [1.29, 1.82) is 0 Å². The van der Waals surface area contributed by atoms with Crippen LogP contribution < -0.4 is 14.8 Å². The van der Waals surface area contributed by atoms with Crippen LogP contribution in [0.2, 0.25) is 0 Å². The molecular formula is C28H27N5O3. The SMILES string of the molecule is COc1cccc(C(CNC(=O)c2nn(-c3ccccc3)nc2C)c2c[nH]c3ccccc23)c1OC. The Kier molecular flexibility index (Phi) is 6.40. The van der Waals surface area contributed by atoms with Gasteiger partial charge in [-0.1, -0.05) is 48.5 Å². The Morgan fingerprint density at radius 1 is 0.944 bits per heavy atom. The molecule has 0 aliphatic rings. The van der Waals surface area contributed by atoms with Crippen molar-refractivity contribution in [3.8, 4) is 17.2 Å². The second-order valence-electron chi connectivity index (χ2n) is 8.39. The van der Waals surface area contributed by atoms with E-state index < -0.39 is 0 Å². The van der Waals surface area contributed by atoms with Gasteiger partial charge in [0.15, 0.2) is 17.2 Å². The molecule has 8 heteroatoms. The number of carbonyl (C=O) groups is 1. The topological polar surface area (TPSA) is 94.1 Å². The van der Waals surface area contributed by atoms with Gasteiger partial charge in [-0.3, -0.25) is 4.79 Å². The normalized spacial score (nSPS) is 11.9. The van der Waals surface area contributed by atoms with E-state index in [-0.39, 0.29) is 17.5 Å². The Balaban J connectivity index is 1.49. The molecular weight excluding hydrogens is 454 g/mol. The number of H-pyrrole nitrogens is 1. The van der Waals surface area contributed by atoms with Crippen LogP contribution in [-0.4, -0.2) is 46.6 Å². The number of carbonyl (C=O) groups excluding carboxylic acids is 1. The Labute approximate surface area is 208 Å². The number of nitrogens with one attached hydrogen (secondary N) is 2. The first-order chi connectivity index (χ1) is 17.6. The smallest absolute Gasteiger partial charge is 0.273 e. The Bertz CT molecular complexity index is 1510. The van der Waals surface area contributed by atoms with E-state index in [1.165, 1.54) is 4.80 Å². The second kappa shape index (κ2) is 9.95. The number of fused-ring (bicyclic) bond motifs is 1. The number of hydrogen-bond acceptors (Lipinski definition) is 5. The number of hydrogen-bond donors (Lipinski definition) is 2. The summed E-state index contributed by atoms with van der Waals surface area (Å²) >= 11 is 0. The molecule has 0 aliphatic carbocycles. The monoisotopic (exact) mass is 481 g/mol. The van der Waals surface area contributed by atoms with E-state index >= 15 is 0 Å². The zero-order valence-corrected chi connectivity index (χ0v) is 20.4. The van der Waals surface area contributed by atoms with Gasteiger partial charge in [-0.2, -0.15) is 9.90 Å². The van der Waals surface area contributed by atoms with E-state index in [1.807, 2.05) is 72.9 Å². The van der Waals surface area contributed by atoms with Crippen molar-refractivity contribution in [2.75, 3.05) is 20.8 Å². The molecule has 3 aromatic carbocycles. The largest absolute Gasteiger partial charge is 0.493 e. The van der Waals surface area contributed by atoms with Crippen LogP contribution in [-0.2, 0) is 0 Å². The number of aryl methyl sites for hydroxylation is 1. The minimum absolute atomic E-state index is 0.209. The van der Waals surface area contributed by atoms with Gasteiger partial charge in [-0.05, 0) is 36.8 Å². The molecule has 36 heavy (non-hydrogen) atoms. The molecule has 2 N–H and O–H groups in total. The molecule has 0 spiro atoms. The summed E-state index contributed by atoms with van der Waals surface area (Å²) in [7, 11) is 3.24. The van der Waals surface area contributed by atoms with Crippen molar-refractivity contribution >= 4 is 16.8 Å². The predicted molar refractivity (Wildman–Crippen MR) is 138 cm³/mol. The standard InChI is InChI=1S/C28H27N5O3/c1-18-26(32-33(31-18)19-10-5-4-6-11-19)28(34)30-17-23(21-13-9-15-25(35-2)27(21)36-3)22-16-29-24-14-8-7-12-20(22)24/h4-16,23,29H,17H2,1-3H3,(H,30,34). The van der Waals surface area contributed by atoms with Crippen molar-refractivity contribution < 1.29 is 14.3 Å². The lowest BCUT2D eigenvalue weighted by atomic mass is 9.89. The summed E-state index contributed by atoms with van der Waals surface area (Å²) in [6.45, 7) is 2.10. The third kappa shape index (κ3) is 4.29. The molecule has 2 aromatic heterocycles. The maximum absolute atomic E-state index is 13.3. The molecule has 2 heterocycles. The maximum atomic E-state index is 13.3. The van der Waals surface area contributed by atoms with Crippen LogP contribution in [0.5, 0.6) is 11.5 Å². The van der Waals surface area contributed by atoms with Crippen molar-refractivity contribution in [3.05, 3.63) is 102 Å². The molecule has 1 atom stereocenters. The van der Waals surface area contributed by atoms with Gasteiger partial charge in [0.2, 0.25) is 0 Å². The minimum atomic E-state index is -0.290. The van der Waals surface area contributed by atoms with E-state index in [0.29, 0.717) is 23.7 Å². The van der Waals surface area contributed by atoms with Gasteiger partial charge in [0, 0.05) is 35.1 Å². The molecule has 0 saturated carbocycles. The molecule has 5 aromatic rings. The highest BCUT2D eigenvalue weighted by Gasteiger charge is 2.25. The quantitative estimate of drug-likeness (QED) is 0.337. The molecule has 0 bridgehead atoms. The fraction of sp³-hybridized carbons (Fsp3) is 0.179. The summed E-state index contributed by atoms with van der Waals surface area (Å²) in [6.07, 6.45) is 1.98. The van der Waals surface area contributed by atoms with Crippen LogP contribution in [0.3, 0.4) is 0 Å². The van der Waals surface area contributed by atoms with Crippen molar-refractivity contribution in [1.82, 2.24) is 25.3 Å². The summed E-state index contributed by atoms with van der Waals surface area (Å²) in [5, 5.41) is 13.0. The summed E-state index contributed by atoms with van der Waals surface area (Å²) < 4.78 is 11.3. The van der Waals surface area contributed by atoms with E-state index in [1.54, 1.807) is 21.1 Å². The molecule has 1 unspecified atom stereocenters. The van der Waals surface area contributed by atoms with Gasteiger partial charge in [0.1, 0.15) is 0 Å². The van der Waals surface area contributed by atoms with E-state index in [0.717, 1.165) is 27.7 Å². The van der Waals surface area contributed by atoms with Crippen LogP contribution in [0.4, 0.5) is 0 Å². The van der Waals surface area contributed by atoms with Crippen molar-refractivity contribution in [2.24, 2.45) is 0 Å². The van der Waals surface area contributed by atoms with Crippen molar-refractivity contribution in [2.45, 2.75) is 12.8 Å². The molecule has 1 amide bonds. The second-order valence-corrected chi connectivity index (χ2v) is 8.39. The lowest BCUT2D eigenvalue weighted by Gasteiger charge is -2.21. The molecule has 0 fully saturated rings. The zero-order chi connectivity index (χ0) is 25.1. The molecule has 182 valence electrons. The fourth-order valence-corrected chi connectivity index (χ4v) is 4.50. The first-order valence-electron chi connectivity index (χ1n) is 11.6. The van der Waals surface area contributed by atoms with Crippen molar-refractivity contribution in [3.63, 3.8) is 0 Å². The number of nitrogens with zero attached hydrogens (tertiary/aromatic N) is 3. The third-order valence-electron chi connectivity index (χ3n) is 6.26. The Morgan fingerprint density at radius 3 is 2.50 bits per heavy atom. The fourth-order valence-electron chi connectivity index (χ4n) is 4.50. The number of benzene rings is 3. The number of para-hydroxylation sites is 3. The van der Waals surface area contributed by atoms with Gasteiger partial charge in [0.25, 0.3) is 5.91 Å². The number of aromatic nitrogens is 4. The number of ether oxygens (including phenoxy) is 2. The summed E-state index contributed by atoms with van der Waals surface area (Å²) in [5.74, 6) is 0.768. The summed E-state index contributed by atoms with van der Waals surface area (Å²) in [6, 6.07) is 23.4. The summed E-state index contributed by atoms with van der Waals surface area (Å²) in [4.78, 5) is 18.1. The highest BCUT2D eigenvalue weighted by Crippen LogP contribution is 2.40. The third-order valence-corrected chi connectivity index (χ3v) is 6.26. The van der Waals surface area contributed by atoms with Gasteiger partial charge >= 0.3 is 0 Å². The Morgan fingerprint density at radius 2 is 1.72 bits per heavy atom. The van der Waals surface area contributed by atoms with Gasteiger partial charge in [0.05, 0.1) is 25.6 Å². The number of methoxy groups -OCH3 is 2. The number of rotatable bonds is 8. The average molecular weight is 482 g/mol. The number of amides is 1. The maximum Gasteiger partial charge on any atom is 0.273 e. The van der Waals surface area contributed by atoms with Gasteiger partial charge in [-0.25, -0.2) is 0 Å². The van der Waals surface area contributed by atoms with Crippen LogP contribution in [0.1, 0.15) is 33.2 Å².